The maximum absolute atomic E-state index is 12.5. The second-order valence-corrected chi connectivity index (χ2v) is 8.81. The fourth-order valence-corrected chi connectivity index (χ4v) is 4.76. The highest BCUT2D eigenvalue weighted by Gasteiger charge is 2.18. The molecule has 6 heteroatoms. The van der Waals surface area contributed by atoms with Crippen LogP contribution in [-0.2, 0) is 13.0 Å². The molecule has 0 bridgehead atoms. The molecule has 5 aromatic rings. The Morgan fingerprint density at radius 2 is 1.61 bits per heavy atom. The Labute approximate surface area is 184 Å². The Morgan fingerprint density at radius 3 is 2.45 bits per heavy atom. The van der Waals surface area contributed by atoms with Crippen LogP contribution in [0.3, 0.4) is 0 Å². The van der Waals surface area contributed by atoms with Gasteiger partial charge in [0.05, 0.1) is 27.2 Å². The second kappa shape index (κ2) is 8.40. The summed E-state index contributed by atoms with van der Waals surface area (Å²) < 4.78 is 2.27. The molecule has 1 unspecified atom stereocenters. The number of para-hydroxylation sites is 3. The number of thioether (sulfide) groups is 1. The van der Waals surface area contributed by atoms with E-state index in [4.69, 9.17) is 9.97 Å². The summed E-state index contributed by atoms with van der Waals surface area (Å²) in [6.07, 6.45) is 0.925. The number of aryl methyl sites for hydroxylation is 2. The lowest BCUT2D eigenvalue weighted by Crippen LogP contribution is -2.13. The van der Waals surface area contributed by atoms with Crippen LogP contribution in [-0.4, -0.2) is 19.5 Å². The summed E-state index contributed by atoms with van der Waals surface area (Å²) in [5.74, 6) is 0.662. The summed E-state index contributed by atoms with van der Waals surface area (Å²) in [5.41, 5.74) is 4.00. The van der Waals surface area contributed by atoms with Gasteiger partial charge in [0.2, 0.25) is 0 Å². The van der Waals surface area contributed by atoms with E-state index in [1.54, 1.807) is 17.8 Å². The van der Waals surface area contributed by atoms with Gasteiger partial charge in [0, 0.05) is 6.54 Å². The molecular weight excluding hydrogens is 404 g/mol. The standard InChI is InChI=1S/C25H22N4OS/c1-17(23-26-20-12-6-5-11-19(20)24(30)28-23)31-25-27-21-13-7-8-14-22(21)29(25)16-15-18-9-3-2-4-10-18/h2-14,17H,15-16H2,1H3,(H,26,28,30). The van der Waals surface area contributed by atoms with Gasteiger partial charge in [-0.2, -0.15) is 0 Å². The molecule has 5 rings (SSSR count). The predicted octanol–water partition coefficient (Wildman–Crippen LogP) is 5.37. The lowest BCUT2D eigenvalue weighted by atomic mass is 10.1. The highest BCUT2D eigenvalue weighted by Crippen LogP contribution is 2.34. The van der Waals surface area contributed by atoms with Crippen molar-refractivity contribution in [2.45, 2.75) is 30.3 Å². The van der Waals surface area contributed by atoms with E-state index in [2.05, 4.69) is 46.8 Å². The third-order valence-electron chi connectivity index (χ3n) is 5.38. The van der Waals surface area contributed by atoms with Crippen LogP contribution < -0.4 is 5.56 Å². The number of nitrogens with one attached hydrogen (secondary N) is 1. The summed E-state index contributed by atoms with van der Waals surface area (Å²) >= 11 is 1.62. The minimum absolute atomic E-state index is 0.0513. The molecule has 154 valence electrons. The molecular formula is C25H22N4OS. The van der Waals surface area contributed by atoms with Crippen molar-refractivity contribution in [2.24, 2.45) is 0 Å². The van der Waals surface area contributed by atoms with Gasteiger partial charge in [-0.3, -0.25) is 4.79 Å². The van der Waals surface area contributed by atoms with E-state index in [1.165, 1.54) is 5.56 Å². The average molecular weight is 427 g/mol. The Morgan fingerprint density at radius 1 is 0.903 bits per heavy atom. The van der Waals surface area contributed by atoms with Gasteiger partial charge in [0.15, 0.2) is 5.16 Å². The van der Waals surface area contributed by atoms with Crippen LogP contribution >= 0.6 is 11.8 Å². The molecule has 1 N–H and O–H groups in total. The van der Waals surface area contributed by atoms with Crippen LogP contribution in [0.4, 0.5) is 0 Å². The fourth-order valence-electron chi connectivity index (χ4n) is 3.76. The van der Waals surface area contributed by atoms with Crippen molar-refractivity contribution in [3.05, 3.63) is 101 Å². The van der Waals surface area contributed by atoms with E-state index in [0.717, 1.165) is 29.2 Å². The van der Waals surface area contributed by atoms with Gasteiger partial charge in [0.1, 0.15) is 5.82 Å². The number of benzene rings is 3. The number of hydrogen-bond donors (Lipinski definition) is 1. The number of imidazole rings is 1. The number of aromatic amines is 1. The van der Waals surface area contributed by atoms with Crippen LogP contribution in [0.2, 0.25) is 0 Å². The zero-order valence-electron chi connectivity index (χ0n) is 17.2. The minimum Gasteiger partial charge on any atom is -0.319 e. The monoisotopic (exact) mass is 426 g/mol. The molecule has 3 aromatic carbocycles. The molecule has 0 aliphatic carbocycles. The largest absolute Gasteiger partial charge is 0.319 e. The number of hydrogen-bond acceptors (Lipinski definition) is 4. The first-order valence-corrected chi connectivity index (χ1v) is 11.2. The molecule has 0 radical (unpaired) electrons. The first-order valence-electron chi connectivity index (χ1n) is 10.3. The van der Waals surface area contributed by atoms with Crippen LogP contribution in [0.15, 0.2) is 88.8 Å². The molecule has 0 spiro atoms. The third kappa shape index (κ3) is 3.99. The summed E-state index contributed by atoms with van der Waals surface area (Å²) in [7, 11) is 0. The van der Waals surface area contributed by atoms with Crippen molar-refractivity contribution >= 4 is 33.7 Å². The van der Waals surface area contributed by atoms with Crippen molar-refractivity contribution in [1.29, 1.82) is 0 Å². The van der Waals surface area contributed by atoms with Crippen LogP contribution in [0.1, 0.15) is 23.6 Å². The van der Waals surface area contributed by atoms with Gasteiger partial charge in [0.25, 0.3) is 5.56 Å². The van der Waals surface area contributed by atoms with Crippen LogP contribution in [0.25, 0.3) is 21.9 Å². The molecule has 0 aliphatic heterocycles. The van der Waals surface area contributed by atoms with Crippen molar-refractivity contribution in [2.75, 3.05) is 0 Å². The number of rotatable bonds is 6. The fraction of sp³-hybridized carbons (Fsp3) is 0.160. The predicted molar refractivity (Wildman–Crippen MR) is 127 cm³/mol. The first-order chi connectivity index (χ1) is 15.2. The first kappa shape index (κ1) is 19.6. The molecule has 0 aliphatic rings. The van der Waals surface area contributed by atoms with Crippen LogP contribution in [0.5, 0.6) is 0 Å². The van der Waals surface area contributed by atoms with Gasteiger partial charge < -0.3 is 9.55 Å². The Bertz CT molecular complexity index is 1410. The third-order valence-corrected chi connectivity index (χ3v) is 6.48. The van der Waals surface area contributed by atoms with Crippen molar-refractivity contribution < 1.29 is 0 Å². The van der Waals surface area contributed by atoms with E-state index in [9.17, 15) is 4.79 Å². The molecule has 31 heavy (non-hydrogen) atoms. The average Bonchev–Trinajstić information content (AvgIpc) is 3.15. The zero-order valence-corrected chi connectivity index (χ0v) is 18.0. The SMILES string of the molecule is CC(Sc1nc2ccccc2n1CCc1ccccc1)c1nc2ccccc2c(=O)[nH]1. The van der Waals surface area contributed by atoms with Gasteiger partial charge in [-0.25, -0.2) is 9.97 Å². The summed E-state index contributed by atoms with van der Waals surface area (Å²) in [6.45, 7) is 2.89. The number of fused-ring (bicyclic) bond motifs is 2. The molecule has 0 saturated heterocycles. The molecule has 0 amide bonds. The van der Waals surface area contributed by atoms with Crippen LogP contribution in [0, 0.1) is 0 Å². The Balaban J connectivity index is 1.47. The number of H-pyrrole nitrogens is 1. The lowest BCUT2D eigenvalue weighted by Gasteiger charge is -2.13. The summed E-state index contributed by atoms with van der Waals surface area (Å²) in [6, 6.07) is 26.1. The van der Waals surface area contributed by atoms with Gasteiger partial charge in [-0.15, -0.1) is 0 Å². The van der Waals surface area contributed by atoms with E-state index < -0.39 is 0 Å². The minimum atomic E-state index is -0.106. The van der Waals surface area contributed by atoms with Gasteiger partial charge in [-0.05, 0) is 43.2 Å². The molecule has 0 saturated carbocycles. The summed E-state index contributed by atoms with van der Waals surface area (Å²) in [4.78, 5) is 25.0. The molecule has 0 fully saturated rings. The van der Waals surface area contributed by atoms with Crippen molar-refractivity contribution in [1.82, 2.24) is 19.5 Å². The second-order valence-electron chi connectivity index (χ2n) is 7.50. The Hall–Kier alpha value is -3.38. The molecule has 2 aromatic heterocycles. The van der Waals surface area contributed by atoms with Gasteiger partial charge in [-0.1, -0.05) is 66.4 Å². The van der Waals surface area contributed by atoms with E-state index >= 15 is 0 Å². The quantitative estimate of drug-likeness (QED) is 0.371. The molecule has 2 heterocycles. The zero-order chi connectivity index (χ0) is 21.2. The smallest absolute Gasteiger partial charge is 0.258 e. The maximum atomic E-state index is 12.5. The van der Waals surface area contributed by atoms with Crippen molar-refractivity contribution in [3.8, 4) is 0 Å². The Kier molecular flexibility index (Phi) is 5.30. The normalized spacial score (nSPS) is 12.4. The number of aromatic nitrogens is 4. The highest BCUT2D eigenvalue weighted by molar-refractivity contribution is 7.99. The highest BCUT2D eigenvalue weighted by atomic mass is 32.2. The van der Waals surface area contributed by atoms with Gasteiger partial charge >= 0.3 is 0 Å². The number of nitrogens with zero attached hydrogens (tertiary/aromatic N) is 3. The topological polar surface area (TPSA) is 63.6 Å². The maximum Gasteiger partial charge on any atom is 0.258 e. The lowest BCUT2D eigenvalue weighted by molar-refractivity contribution is 0.650. The molecule has 5 nitrogen and oxygen atoms in total. The van der Waals surface area contributed by atoms with E-state index in [1.807, 2.05) is 42.5 Å². The van der Waals surface area contributed by atoms with E-state index in [-0.39, 0.29) is 10.8 Å². The summed E-state index contributed by atoms with van der Waals surface area (Å²) in [5, 5.41) is 1.49. The molecule has 1 atom stereocenters. The van der Waals surface area contributed by atoms with Crippen molar-refractivity contribution in [3.63, 3.8) is 0 Å². The van der Waals surface area contributed by atoms with E-state index in [0.29, 0.717) is 16.7 Å².